The summed E-state index contributed by atoms with van der Waals surface area (Å²) in [6.07, 6.45) is -0.0193. The summed E-state index contributed by atoms with van der Waals surface area (Å²) in [5, 5.41) is 0.182. The maximum Gasteiger partial charge on any atom is 0.238 e. The summed E-state index contributed by atoms with van der Waals surface area (Å²) in [5.41, 5.74) is 5.42. The van der Waals surface area contributed by atoms with Gasteiger partial charge in [0.1, 0.15) is 6.10 Å². The first-order chi connectivity index (χ1) is 5.70. The van der Waals surface area contributed by atoms with Crippen molar-refractivity contribution in [2.75, 3.05) is 6.54 Å². The lowest BCUT2D eigenvalue weighted by molar-refractivity contribution is -0.250. The lowest BCUT2D eigenvalue weighted by Gasteiger charge is -2.35. The molecule has 3 nitrogen and oxygen atoms in total. The molecule has 0 aliphatic carbocycles. The maximum absolute atomic E-state index is 5.51. The van der Waals surface area contributed by atoms with E-state index in [0.717, 1.165) is 0 Å². The second-order valence-electron chi connectivity index (χ2n) is 4.99. The largest absolute Gasteiger partial charge is 0.328 e. The number of nitrogens with two attached hydrogens (primary N) is 1. The zero-order valence-corrected chi connectivity index (χ0v) is 10.7. The van der Waals surface area contributed by atoms with Gasteiger partial charge in [-0.3, -0.25) is 4.58 Å². The van der Waals surface area contributed by atoms with Gasteiger partial charge in [0.25, 0.3) is 0 Å². The van der Waals surface area contributed by atoms with Gasteiger partial charge >= 0.3 is 0 Å². The average Bonchev–Trinajstić information content (AvgIpc) is 1.98. The van der Waals surface area contributed by atoms with Crippen molar-refractivity contribution < 1.29 is 9.46 Å². The summed E-state index contributed by atoms with van der Waals surface area (Å²) >= 11 is 0. The minimum absolute atomic E-state index is 0.0193. The van der Waals surface area contributed by atoms with E-state index in [4.69, 9.17) is 15.2 Å². The van der Waals surface area contributed by atoms with Gasteiger partial charge in [-0.05, 0) is 25.1 Å². The SMILES string of the molecule is C[C@@H](CN)OO[Si](C)(C)C(C)(C)C. The van der Waals surface area contributed by atoms with Crippen LogP contribution < -0.4 is 5.73 Å². The van der Waals surface area contributed by atoms with E-state index in [-0.39, 0.29) is 11.1 Å². The van der Waals surface area contributed by atoms with E-state index in [0.29, 0.717) is 6.54 Å². The third kappa shape index (κ3) is 4.22. The van der Waals surface area contributed by atoms with Crippen molar-refractivity contribution in [1.29, 1.82) is 0 Å². The van der Waals surface area contributed by atoms with Gasteiger partial charge in [0.2, 0.25) is 8.32 Å². The highest BCUT2D eigenvalue weighted by molar-refractivity contribution is 6.73. The van der Waals surface area contributed by atoms with Crippen molar-refractivity contribution in [3.63, 3.8) is 0 Å². The van der Waals surface area contributed by atoms with Gasteiger partial charge in [0.05, 0.1) is 0 Å². The predicted octanol–water partition coefficient (Wildman–Crippen LogP) is 2.29. The molecule has 0 amide bonds. The molecule has 0 aromatic rings. The third-order valence-electron chi connectivity index (χ3n) is 2.56. The summed E-state index contributed by atoms with van der Waals surface area (Å²) in [4.78, 5) is 5.22. The van der Waals surface area contributed by atoms with Crippen molar-refractivity contribution in [3.8, 4) is 0 Å². The minimum atomic E-state index is -1.76. The molecule has 0 rings (SSSR count). The van der Waals surface area contributed by atoms with Gasteiger partial charge < -0.3 is 5.73 Å². The Bertz CT molecular complexity index is 154. The molecule has 0 saturated heterocycles. The van der Waals surface area contributed by atoms with Crippen molar-refractivity contribution in [2.45, 2.75) is 51.9 Å². The summed E-state index contributed by atoms with van der Waals surface area (Å²) in [7, 11) is -1.76. The predicted molar refractivity (Wildman–Crippen MR) is 57.9 cm³/mol. The first kappa shape index (κ1) is 13.1. The van der Waals surface area contributed by atoms with Crippen molar-refractivity contribution >= 4 is 8.32 Å². The van der Waals surface area contributed by atoms with Gasteiger partial charge in [0.15, 0.2) is 0 Å². The molecule has 80 valence electrons. The zero-order chi connectivity index (χ0) is 10.7. The number of hydrogen-bond donors (Lipinski definition) is 1. The van der Waals surface area contributed by atoms with Crippen molar-refractivity contribution in [3.05, 3.63) is 0 Å². The molecule has 0 bridgehead atoms. The second kappa shape index (κ2) is 4.55. The van der Waals surface area contributed by atoms with Gasteiger partial charge in [-0.25, -0.2) is 4.89 Å². The molecule has 0 aliphatic heterocycles. The zero-order valence-electron chi connectivity index (χ0n) is 9.68. The summed E-state index contributed by atoms with van der Waals surface area (Å²) in [5.74, 6) is 0. The van der Waals surface area contributed by atoms with Gasteiger partial charge in [-0.2, -0.15) is 0 Å². The van der Waals surface area contributed by atoms with Crippen LogP contribution in [-0.4, -0.2) is 21.0 Å². The molecule has 0 fully saturated rings. The van der Waals surface area contributed by atoms with Crippen LogP contribution in [0.15, 0.2) is 0 Å². The molecule has 0 aromatic carbocycles. The fraction of sp³-hybridized carbons (Fsp3) is 1.00. The van der Waals surface area contributed by atoms with Crippen LogP contribution in [0.2, 0.25) is 18.1 Å². The Kier molecular flexibility index (Phi) is 4.58. The Morgan fingerprint density at radius 2 is 1.77 bits per heavy atom. The normalized spacial score (nSPS) is 15.9. The first-order valence-electron chi connectivity index (χ1n) is 4.75. The molecule has 0 radical (unpaired) electrons. The number of hydrogen-bond acceptors (Lipinski definition) is 3. The highest BCUT2D eigenvalue weighted by atomic mass is 28.4. The van der Waals surface area contributed by atoms with E-state index < -0.39 is 8.32 Å². The molecule has 0 aliphatic rings. The lowest BCUT2D eigenvalue weighted by Crippen LogP contribution is -2.42. The third-order valence-corrected chi connectivity index (χ3v) is 6.68. The molecule has 0 saturated carbocycles. The van der Waals surface area contributed by atoms with Crippen LogP contribution in [0, 0.1) is 0 Å². The van der Waals surface area contributed by atoms with Crippen LogP contribution >= 0.6 is 0 Å². The monoisotopic (exact) mass is 205 g/mol. The van der Waals surface area contributed by atoms with Crippen LogP contribution in [0.5, 0.6) is 0 Å². The highest BCUT2D eigenvalue weighted by Gasteiger charge is 2.39. The first-order valence-corrected chi connectivity index (χ1v) is 7.66. The van der Waals surface area contributed by atoms with E-state index in [9.17, 15) is 0 Å². The summed E-state index contributed by atoms with van der Waals surface area (Å²) < 4.78 is 5.51. The van der Waals surface area contributed by atoms with Gasteiger partial charge in [-0.15, -0.1) is 0 Å². The standard InChI is InChI=1S/C9H23NO2Si/c1-8(7-10)11-12-13(5,6)9(2,3)4/h8H,7,10H2,1-6H3/t8-/m0/s1. The highest BCUT2D eigenvalue weighted by Crippen LogP contribution is 2.36. The molecule has 1 atom stereocenters. The summed E-state index contributed by atoms with van der Waals surface area (Å²) in [6.45, 7) is 13.2. The molecule has 0 aromatic heterocycles. The van der Waals surface area contributed by atoms with Crippen LogP contribution in [0.3, 0.4) is 0 Å². The van der Waals surface area contributed by atoms with Crippen LogP contribution in [0.25, 0.3) is 0 Å². The van der Waals surface area contributed by atoms with E-state index in [2.05, 4.69) is 33.9 Å². The molecule has 0 unspecified atom stereocenters. The second-order valence-corrected chi connectivity index (χ2v) is 9.67. The fourth-order valence-corrected chi connectivity index (χ4v) is 1.02. The molecule has 0 spiro atoms. The summed E-state index contributed by atoms with van der Waals surface area (Å²) in [6, 6.07) is 0. The fourth-order valence-electron chi connectivity index (χ4n) is 0.367. The lowest BCUT2D eigenvalue weighted by atomic mass is 10.2. The molecule has 13 heavy (non-hydrogen) atoms. The Hall–Kier alpha value is 0.0969. The average molecular weight is 205 g/mol. The quantitative estimate of drug-likeness (QED) is 0.435. The topological polar surface area (TPSA) is 44.5 Å². The van der Waals surface area contributed by atoms with Crippen molar-refractivity contribution in [1.82, 2.24) is 0 Å². The van der Waals surface area contributed by atoms with E-state index in [1.807, 2.05) is 6.92 Å². The Morgan fingerprint density at radius 1 is 1.31 bits per heavy atom. The number of rotatable bonds is 4. The Morgan fingerprint density at radius 3 is 2.08 bits per heavy atom. The van der Waals surface area contributed by atoms with Gasteiger partial charge in [-0.1, -0.05) is 20.8 Å². The molecular weight excluding hydrogens is 182 g/mol. The minimum Gasteiger partial charge on any atom is -0.328 e. The molecular formula is C9H23NO2Si. The van der Waals surface area contributed by atoms with E-state index in [1.165, 1.54) is 0 Å². The smallest absolute Gasteiger partial charge is 0.238 e. The Labute approximate surface area is 82.7 Å². The van der Waals surface area contributed by atoms with E-state index in [1.54, 1.807) is 0 Å². The van der Waals surface area contributed by atoms with Crippen LogP contribution in [0.1, 0.15) is 27.7 Å². The Balaban J connectivity index is 4.04. The van der Waals surface area contributed by atoms with Crippen LogP contribution in [0.4, 0.5) is 0 Å². The van der Waals surface area contributed by atoms with Gasteiger partial charge in [0, 0.05) is 6.54 Å². The van der Waals surface area contributed by atoms with E-state index >= 15 is 0 Å². The molecule has 0 heterocycles. The van der Waals surface area contributed by atoms with Crippen LogP contribution in [-0.2, 0) is 9.46 Å². The molecule has 4 heteroatoms. The molecule has 2 N–H and O–H groups in total. The van der Waals surface area contributed by atoms with Crippen molar-refractivity contribution in [2.24, 2.45) is 5.73 Å². The maximum atomic E-state index is 5.51.